The summed E-state index contributed by atoms with van der Waals surface area (Å²) in [6.07, 6.45) is 2.85. The van der Waals surface area contributed by atoms with Gasteiger partial charge in [-0.25, -0.2) is 0 Å². The Kier molecular flexibility index (Phi) is 3.98. The molecule has 0 bridgehead atoms. The van der Waals surface area contributed by atoms with Crippen LogP contribution in [0.3, 0.4) is 0 Å². The van der Waals surface area contributed by atoms with Crippen molar-refractivity contribution in [3.05, 3.63) is 38.8 Å². The molecule has 0 aliphatic carbocycles. The standard InChI is InChI=1S/C14H15BrClN3O/c1-2-3-12-17-18-14(16)19(12)8-10-7-11(15)6-9-4-5-20-13(9)10/h6-7H,2-5,8H2,1H3. The molecule has 0 saturated heterocycles. The van der Waals surface area contributed by atoms with Crippen LogP contribution in [0.5, 0.6) is 5.75 Å². The van der Waals surface area contributed by atoms with Crippen molar-refractivity contribution >= 4 is 27.5 Å². The van der Waals surface area contributed by atoms with Crippen molar-refractivity contribution in [1.82, 2.24) is 14.8 Å². The number of nitrogens with zero attached hydrogens (tertiary/aromatic N) is 3. The van der Waals surface area contributed by atoms with Crippen molar-refractivity contribution in [3.63, 3.8) is 0 Å². The van der Waals surface area contributed by atoms with E-state index in [0.29, 0.717) is 11.8 Å². The van der Waals surface area contributed by atoms with E-state index in [0.717, 1.165) is 47.5 Å². The van der Waals surface area contributed by atoms with Crippen LogP contribution >= 0.6 is 27.5 Å². The fourth-order valence-corrected chi connectivity index (χ4v) is 3.26. The molecule has 2 aromatic rings. The smallest absolute Gasteiger partial charge is 0.225 e. The summed E-state index contributed by atoms with van der Waals surface area (Å²) in [6, 6.07) is 4.20. The third-order valence-corrected chi connectivity index (χ3v) is 4.15. The van der Waals surface area contributed by atoms with Crippen LogP contribution in [0.15, 0.2) is 16.6 Å². The first kappa shape index (κ1) is 13.9. The summed E-state index contributed by atoms with van der Waals surface area (Å²) in [5.74, 6) is 1.91. The highest BCUT2D eigenvalue weighted by molar-refractivity contribution is 9.10. The molecule has 1 aliphatic rings. The maximum atomic E-state index is 6.16. The van der Waals surface area contributed by atoms with E-state index in [1.54, 1.807) is 0 Å². The van der Waals surface area contributed by atoms with E-state index < -0.39 is 0 Å². The van der Waals surface area contributed by atoms with E-state index in [4.69, 9.17) is 16.3 Å². The largest absolute Gasteiger partial charge is 0.493 e. The van der Waals surface area contributed by atoms with Gasteiger partial charge >= 0.3 is 0 Å². The minimum Gasteiger partial charge on any atom is -0.493 e. The van der Waals surface area contributed by atoms with Crippen LogP contribution in [0.25, 0.3) is 0 Å². The van der Waals surface area contributed by atoms with Crippen LogP contribution in [0.1, 0.15) is 30.3 Å². The number of rotatable bonds is 4. The number of halogens is 2. The molecular weight excluding hydrogens is 342 g/mol. The lowest BCUT2D eigenvalue weighted by Gasteiger charge is -2.12. The molecule has 20 heavy (non-hydrogen) atoms. The Morgan fingerprint density at radius 1 is 1.40 bits per heavy atom. The highest BCUT2D eigenvalue weighted by atomic mass is 79.9. The molecule has 2 heterocycles. The highest BCUT2D eigenvalue weighted by Crippen LogP contribution is 2.34. The molecule has 0 spiro atoms. The highest BCUT2D eigenvalue weighted by Gasteiger charge is 2.19. The zero-order chi connectivity index (χ0) is 14.1. The van der Waals surface area contributed by atoms with Crippen molar-refractivity contribution in [2.75, 3.05) is 6.61 Å². The summed E-state index contributed by atoms with van der Waals surface area (Å²) in [5.41, 5.74) is 2.36. The second-order valence-electron chi connectivity index (χ2n) is 4.87. The monoisotopic (exact) mass is 355 g/mol. The van der Waals surface area contributed by atoms with Gasteiger partial charge in [0.05, 0.1) is 13.2 Å². The number of benzene rings is 1. The molecule has 1 aromatic carbocycles. The number of aryl methyl sites for hydroxylation is 1. The Bertz CT molecular complexity index is 642. The lowest BCUT2D eigenvalue weighted by molar-refractivity contribution is 0.352. The van der Waals surface area contributed by atoms with Crippen molar-refractivity contribution in [1.29, 1.82) is 0 Å². The predicted octanol–water partition coefficient (Wildman–Crippen LogP) is 3.63. The van der Waals surface area contributed by atoms with E-state index in [-0.39, 0.29) is 0 Å². The average molecular weight is 357 g/mol. The van der Waals surface area contributed by atoms with Gasteiger partial charge in [0.15, 0.2) is 0 Å². The van der Waals surface area contributed by atoms with Gasteiger partial charge < -0.3 is 4.74 Å². The zero-order valence-corrected chi connectivity index (χ0v) is 13.5. The molecule has 4 nitrogen and oxygen atoms in total. The van der Waals surface area contributed by atoms with Crippen LogP contribution < -0.4 is 4.74 Å². The minimum absolute atomic E-state index is 0.431. The Morgan fingerprint density at radius 3 is 3.05 bits per heavy atom. The van der Waals surface area contributed by atoms with Crippen molar-refractivity contribution in [3.8, 4) is 5.75 Å². The van der Waals surface area contributed by atoms with E-state index in [1.165, 1.54) is 5.56 Å². The molecule has 1 aromatic heterocycles. The first-order chi connectivity index (χ1) is 9.69. The van der Waals surface area contributed by atoms with E-state index in [1.807, 2.05) is 4.57 Å². The summed E-state index contributed by atoms with van der Waals surface area (Å²) in [4.78, 5) is 0. The van der Waals surface area contributed by atoms with Crippen LogP contribution in [0.2, 0.25) is 5.28 Å². The maximum Gasteiger partial charge on any atom is 0.225 e. The van der Waals surface area contributed by atoms with Crippen molar-refractivity contribution < 1.29 is 4.74 Å². The fraction of sp³-hybridized carbons (Fsp3) is 0.429. The normalized spacial score (nSPS) is 13.3. The fourth-order valence-electron chi connectivity index (χ4n) is 2.51. The minimum atomic E-state index is 0.431. The summed E-state index contributed by atoms with van der Waals surface area (Å²) in [5, 5.41) is 8.55. The van der Waals surface area contributed by atoms with Crippen LogP contribution in [-0.4, -0.2) is 21.4 Å². The number of hydrogen-bond acceptors (Lipinski definition) is 3. The van der Waals surface area contributed by atoms with Crippen LogP contribution in [0.4, 0.5) is 0 Å². The molecule has 0 fully saturated rings. The van der Waals surface area contributed by atoms with Gasteiger partial charge in [0.1, 0.15) is 11.6 Å². The van der Waals surface area contributed by atoms with Crippen LogP contribution in [0, 0.1) is 0 Å². The van der Waals surface area contributed by atoms with E-state index >= 15 is 0 Å². The summed E-state index contributed by atoms with van der Waals surface area (Å²) in [7, 11) is 0. The van der Waals surface area contributed by atoms with Gasteiger partial charge in [-0.3, -0.25) is 4.57 Å². The van der Waals surface area contributed by atoms with E-state index in [2.05, 4.69) is 45.2 Å². The molecule has 0 amide bonds. The summed E-state index contributed by atoms with van der Waals surface area (Å²) in [6.45, 7) is 3.51. The number of aromatic nitrogens is 3. The van der Waals surface area contributed by atoms with Crippen molar-refractivity contribution in [2.24, 2.45) is 0 Å². The second-order valence-corrected chi connectivity index (χ2v) is 6.13. The van der Waals surface area contributed by atoms with Gasteiger partial charge in [-0.15, -0.1) is 10.2 Å². The molecule has 3 rings (SSSR count). The Hall–Kier alpha value is -1.07. The first-order valence-corrected chi connectivity index (χ1v) is 7.87. The van der Waals surface area contributed by atoms with E-state index in [9.17, 15) is 0 Å². The molecule has 0 atom stereocenters. The zero-order valence-electron chi connectivity index (χ0n) is 11.2. The van der Waals surface area contributed by atoms with Gasteiger partial charge in [-0.2, -0.15) is 0 Å². The molecule has 106 valence electrons. The van der Waals surface area contributed by atoms with Gasteiger partial charge in [0.2, 0.25) is 5.28 Å². The summed E-state index contributed by atoms with van der Waals surface area (Å²) < 4.78 is 8.78. The first-order valence-electron chi connectivity index (χ1n) is 6.70. The Morgan fingerprint density at radius 2 is 2.25 bits per heavy atom. The SMILES string of the molecule is CCCc1nnc(Cl)n1Cc1cc(Br)cc2c1OCC2. The molecule has 6 heteroatoms. The summed E-state index contributed by atoms with van der Waals surface area (Å²) >= 11 is 9.72. The van der Waals surface area contributed by atoms with Gasteiger partial charge in [-0.05, 0) is 35.7 Å². The quantitative estimate of drug-likeness (QED) is 0.840. The number of ether oxygens (including phenoxy) is 1. The predicted molar refractivity (Wildman–Crippen MR) is 81.5 cm³/mol. The molecule has 0 unspecified atom stereocenters. The number of hydrogen-bond donors (Lipinski definition) is 0. The van der Waals surface area contributed by atoms with Gasteiger partial charge in [0.25, 0.3) is 0 Å². The lowest BCUT2D eigenvalue weighted by Crippen LogP contribution is -2.06. The second kappa shape index (κ2) is 5.74. The number of fused-ring (bicyclic) bond motifs is 1. The molecule has 1 aliphatic heterocycles. The third kappa shape index (κ3) is 2.56. The van der Waals surface area contributed by atoms with Crippen molar-refractivity contribution in [2.45, 2.75) is 32.7 Å². The lowest BCUT2D eigenvalue weighted by atomic mass is 10.1. The Balaban J connectivity index is 1.98. The topological polar surface area (TPSA) is 39.9 Å². The third-order valence-electron chi connectivity index (χ3n) is 3.41. The average Bonchev–Trinajstić information content (AvgIpc) is 3.00. The molecule has 0 radical (unpaired) electrons. The van der Waals surface area contributed by atoms with Gasteiger partial charge in [-0.1, -0.05) is 22.9 Å². The molecule has 0 N–H and O–H groups in total. The van der Waals surface area contributed by atoms with Gasteiger partial charge in [0, 0.05) is 22.9 Å². The Labute approximate surface area is 131 Å². The molecular formula is C14H15BrClN3O. The molecule has 0 saturated carbocycles. The van der Waals surface area contributed by atoms with Crippen LogP contribution in [-0.2, 0) is 19.4 Å². The maximum absolute atomic E-state index is 6.16.